The minimum atomic E-state index is -0.572. The van der Waals surface area contributed by atoms with E-state index in [0.29, 0.717) is 0 Å². The third-order valence-corrected chi connectivity index (χ3v) is 0.253. The second-order valence-corrected chi connectivity index (χ2v) is 0.801. The van der Waals surface area contributed by atoms with Gasteiger partial charge in [0.1, 0.15) is 6.42 Å². The Bertz CT molecular complexity index is 95.6. The smallest absolute Gasteiger partial charge is 0.231 e. The molecule has 0 radical (unpaired) electrons. The van der Waals surface area contributed by atoms with Gasteiger partial charge in [0.15, 0.2) is 0 Å². The lowest BCUT2D eigenvalue weighted by molar-refractivity contribution is -0.117. The molecule has 0 bridgehead atoms. The Morgan fingerprint density at radius 1 is 1.86 bits per heavy atom. The predicted octanol–water partition coefficient (Wildman–Crippen LogP) is -0.193. The highest BCUT2D eigenvalue weighted by Crippen LogP contribution is 1.64. The molecule has 0 aliphatic rings. The van der Waals surface area contributed by atoms with Crippen molar-refractivity contribution in [1.82, 2.24) is 0 Å². The van der Waals surface area contributed by atoms with Gasteiger partial charge in [0, 0.05) is 0 Å². The van der Waals surface area contributed by atoms with E-state index in [4.69, 9.17) is 5.26 Å². The summed E-state index contributed by atoms with van der Waals surface area (Å²) in [6.07, 6.45) is -0.181. The van der Waals surface area contributed by atoms with Crippen molar-refractivity contribution < 1.29 is 4.79 Å². The summed E-state index contributed by atoms with van der Waals surface area (Å²) in [6, 6.07) is 1.59. The van der Waals surface area contributed by atoms with Gasteiger partial charge in [-0.1, -0.05) is 0 Å². The van der Waals surface area contributed by atoms with Crippen LogP contribution in [-0.4, -0.2) is 5.91 Å². The van der Waals surface area contributed by atoms with Crippen molar-refractivity contribution in [3.8, 4) is 6.07 Å². The number of amides is 1. The molecule has 4 heteroatoms. The number of halogens is 1. The Morgan fingerprint density at radius 3 is 2.29 bits per heavy atom. The van der Waals surface area contributed by atoms with Crippen LogP contribution in [0.3, 0.4) is 0 Å². The van der Waals surface area contributed by atoms with Crippen molar-refractivity contribution in [3.05, 3.63) is 0 Å². The third kappa shape index (κ3) is 11.0. The van der Waals surface area contributed by atoms with Gasteiger partial charge in [-0.2, -0.15) is 5.26 Å². The average molecular weight is 121 g/mol. The molecule has 0 rings (SSSR count). The van der Waals surface area contributed by atoms with Gasteiger partial charge in [0.25, 0.3) is 0 Å². The number of hydrogen-bond donors (Lipinski definition) is 1. The highest BCUT2D eigenvalue weighted by Gasteiger charge is 1.84. The van der Waals surface area contributed by atoms with Gasteiger partial charge in [0.2, 0.25) is 5.91 Å². The number of carbonyl (C=O) groups excluding carboxylic acids is 1. The van der Waals surface area contributed by atoms with Crippen LogP contribution in [0, 0.1) is 11.3 Å². The average Bonchev–Trinajstić information content (AvgIpc) is 1.35. The minimum absolute atomic E-state index is 0. The fourth-order valence-electron chi connectivity index (χ4n) is 0.0779. The van der Waals surface area contributed by atoms with Gasteiger partial charge >= 0.3 is 0 Å². The van der Waals surface area contributed by atoms with Crippen molar-refractivity contribution in [1.29, 1.82) is 5.26 Å². The van der Waals surface area contributed by atoms with E-state index in [-0.39, 0.29) is 18.8 Å². The van der Waals surface area contributed by atoms with Gasteiger partial charge in [-0.3, -0.25) is 4.79 Å². The summed E-state index contributed by atoms with van der Waals surface area (Å²) in [5.41, 5.74) is 4.54. The molecule has 3 nitrogen and oxygen atoms in total. The Morgan fingerprint density at radius 2 is 2.29 bits per heavy atom. The first kappa shape index (κ1) is 9.54. The number of rotatable bonds is 1. The summed E-state index contributed by atoms with van der Waals surface area (Å²) in [4.78, 5) is 9.60. The Hall–Kier alpha value is -0.750. The second kappa shape index (κ2) is 5.25. The van der Waals surface area contributed by atoms with Crippen molar-refractivity contribution in [2.45, 2.75) is 6.42 Å². The summed E-state index contributed by atoms with van der Waals surface area (Å²) in [5.74, 6) is -0.572. The van der Waals surface area contributed by atoms with Crippen LogP contribution in [0.15, 0.2) is 0 Å². The number of carbonyl (C=O) groups is 1. The quantitative estimate of drug-likeness (QED) is 0.521. The molecular weight excluding hydrogens is 115 g/mol. The molecule has 0 saturated heterocycles. The van der Waals surface area contributed by atoms with Crippen LogP contribution < -0.4 is 5.73 Å². The van der Waals surface area contributed by atoms with Gasteiger partial charge in [-0.05, 0) is 0 Å². The number of primary amides is 1. The van der Waals surface area contributed by atoms with E-state index >= 15 is 0 Å². The molecule has 2 N–H and O–H groups in total. The number of hydrogen-bond acceptors (Lipinski definition) is 2. The maximum atomic E-state index is 9.60. The highest BCUT2D eigenvalue weighted by atomic mass is 35.5. The monoisotopic (exact) mass is 120 g/mol. The molecule has 0 heterocycles. The number of nitriles is 1. The predicted molar refractivity (Wildman–Crippen MR) is 26.7 cm³/mol. The lowest BCUT2D eigenvalue weighted by Gasteiger charge is -1.71. The Kier molecular flexibility index (Phi) is 7.15. The van der Waals surface area contributed by atoms with Gasteiger partial charge in [0.05, 0.1) is 6.07 Å². The van der Waals surface area contributed by atoms with E-state index in [9.17, 15) is 4.79 Å². The molecule has 0 unspecified atom stereocenters. The molecule has 1 amide bonds. The van der Waals surface area contributed by atoms with E-state index in [0.717, 1.165) is 0 Å². The molecule has 0 saturated carbocycles. The van der Waals surface area contributed by atoms with Crippen LogP contribution in [0.4, 0.5) is 0 Å². The zero-order valence-corrected chi connectivity index (χ0v) is 4.36. The Balaban J connectivity index is 0. The largest absolute Gasteiger partial charge is 0.369 e. The van der Waals surface area contributed by atoms with E-state index < -0.39 is 5.91 Å². The van der Waals surface area contributed by atoms with Crippen molar-refractivity contribution in [3.63, 3.8) is 0 Å². The highest BCUT2D eigenvalue weighted by molar-refractivity contribution is 5.85. The fraction of sp³-hybridized carbons (Fsp3) is 0.333. The molecule has 0 aliphatic carbocycles. The molecular formula is C3H5ClN2O. The first-order valence-electron chi connectivity index (χ1n) is 1.42. The van der Waals surface area contributed by atoms with Crippen LogP contribution in [0.25, 0.3) is 0 Å². The van der Waals surface area contributed by atoms with E-state index in [1.807, 2.05) is 0 Å². The zero-order valence-electron chi connectivity index (χ0n) is 3.55. The number of nitrogens with two attached hydrogens (primary N) is 1. The summed E-state index contributed by atoms with van der Waals surface area (Å²) < 4.78 is 0. The molecule has 0 aliphatic heterocycles. The molecule has 0 aromatic rings. The van der Waals surface area contributed by atoms with Gasteiger partial charge < -0.3 is 5.73 Å². The van der Waals surface area contributed by atoms with Gasteiger partial charge in [-0.15, -0.1) is 12.4 Å². The maximum Gasteiger partial charge on any atom is 0.231 e. The normalized spacial score (nSPS) is 5.57. The standard InChI is InChI=1S/C3H4N2O.ClH/c4-2-1-3(5)6;/h1H2,(H2,5,6);1H. The van der Waals surface area contributed by atoms with Crippen LogP contribution in [0.2, 0.25) is 0 Å². The molecule has 0 atom stereocenters. The van der Waals surface area contributed by atoms with Crippen molar-refractivity contribution in [2.24, 2.45) is 5.73 Å². The molecule has 0 aromatic carbocycles. The minimum Gasteiger partial charge on any atom is -0.369 e. The number of nitrogens with zero attached hydrogens (tertiary/aromatic N) is 1. The van der Waals surface area contributed by atoms with Crippen LogP contribution >= 0.6 is 12.4 Å². The maximum absolute atomic E-state index is 9.60. The summed E-state index contributed by atoms with van der Waals surface area (Å²) >= 11 is 0. The molecule has 0 fully saturated rings. The topological polar surface area (TPSA) is 66.9 Å². The zero-order chi connectivity index (χ0) is 4.99. The molecule has 0 aromatic heterocycles. The summed E-state index contributed by atoms with van der Waals surface area (Å²) in [6.45, 7) is 0. The second-order valence-electron chi connectivity index (χ2n) is 0.801. The van der Waals surface area contributed by atoms with Gasteiger partial charge in [-0.25, -0.2) is 0 Å². The molecule has 0 spiro atoms. The lowest BCUT2D eigenvalue weighted by Crippen LogP contribution is -2.07. The lowest BCUT2D eigenvalue weighted by atomic mass is 10.5. The van der Waals surface area contributed by atoms with E-state index in [1.165, 1.54) is 0 Å². The fourth-order valence-corrected chi connectivity index (χ4v) is 0.0779. The third-order valence-electron chi connectivity index (χ3n) is 0.253. The van der Waals surface area contributed by atoms with Crippen LogP contribution in [-0.2, 0) is 4.79 Å². The molecule has 40 valence electrons. The van der Waals surface area contributed by atoms with E-state index in [2.05, 4.69) is 5.73 Å². The van der Waals surface area contributed by atoms with E-state index in [1.54, 1.807) is 6.07 Å². The summed E-state index contributed by atoms with van der Waals surface area (Å²) in [5, 5.41) is 7.69. The summed E-state index contributed by atoms with van der Waals surface area (Å²) in [7, 11) is 0. The van der Waals surface area contributed by atoms with Crippen LogP contribution in [0.5, 0.6) is 0 Å². The SMILES string of the molecule is Cl.N#CCC(N)=O. The first-order valence-corrected chi connectivity index (χ1v) is 1.42. The Labute approximate surface area is 47.5 Å². The van der Waals surface area contributed by atoms with Crippen LogP contribution in [0.1, 0.15) is 6.42 Å². The van der Waals surface area contributed by atoms with Crippen molar-refractivity contribution in [2.75, 3.05) is 0 Å². The molecule has 7 heavy (non-hydrogen) atoms. The first-order chi connectivity index (χ1) is 2.77. The van der Waals surface area contributed by atoms with Crippen molar-refractivity contribution >= 4 is 18.3 Å².